The fourth-order valence-electron chi connectivity index (χ4n) is 4.01. The van der Waals surface area contributed by atoms with E-state index in [9.17, 15) is 9.59 Å². The predicted molar refractivity (Wildman–Crippen MR) is 112 cm³/mol. The first-order valence-electron chi connectivity index (χ1n) is 10.0. The molecule has 152 valence electrons. The van der Waals surface area contributed by atoms with E-state index in [0.717, 1.165) is 24.3 Å². The second-order valence-corrected chi connectivity index (χ2v) is 8.39. The smallest absolute Gasteiger partial charge is 0.410 e. The summed E-state index contributed by atoms with van der Waals surface area (Å²) >= 11 is 1.46. The molecule has 0 saturated carbocycles. The van der Waals surface area contributed by atoms with Gasteiger partial charge in [0.05, 0.1) is 16.8 Å². The van der Waals surface area contributed by atoms with E-state index in [0.29, 0.717) is 25.4 Å². The number of hydrogen-bond donors (Lipinski definition) is 0. The lowest BCUT2D eigenvalue weighted by molar-refractivity contribution is -0.129. The summed E-state index contributed by atoms with van der Waals surface area (Å²) in [5, 5.41) is 0.860. The van der Waals surface area contributed by atoms with Gasteiger partial charge in [-0.3, -0.25) is 9.69 Å². The van der Waals surface area contributed by atoms with Gasteiger partial charge in [-0.15, -0.1) is 0 Å². The third-order valence-corrected chi connectivity index (χ3v) is 6.44. The number of cyclic esters (lactones) is 1. The summed E-state index contributed by atoms with van der Waals surface area (Å²) in [6, 6.07) is 16.1. The number of ether oxygens (including phenoxy) is 1. The predicted octanol–water partition coefficient (Wildman–Crippen LogP) is 3.23. The molecule has 0 N–H and O–H groups in total. The van der Waals surface area contributed by atoms with E-state index in [1.165, 1.54) is 17.3 Å². The van der Waals surface area contributed by atoms with Crippen molar-refractivity contribution in [2.24, 2.45) is 0 Å². The van der Waals surface area contributed by atoms with Crippen LogP contribution in [-0.4, -0.2) is 64.3 Å². The van der Waals surface area contributed by atoms with Gasteiger partial charge in [0.1, 0.15) is 6.61 Å². The molecule has 29 heavy (non-hydrogen) atoms. The van der Waals surface area contributed by atoms with Crippen LogP contribution in [0.2, 0.25) is 0 Å². The van der Waals surface area contributed by atoms with Gasteiger partial charge in [-0.1, -0.05) is 48.2 Å². The van der Waals surface area contributed by atoms with Crippen LogP contribution in [0.3, 0.4) is 0 Å². The van der Waals surface area contributed by atoms with E-state index in [4.69, 9.17) is 4.74 Å². The average Bonchev–Trinajstić information content (AvgIpc) is 3.13. The molecule has 1 unspecified atom stereocenters. The maximum atomic E-state index is 12.5. The van der Waals surface area contributed by atoms with Gasteiger partial charge in [-0.2, -0.15) is 0 Å². The Labute approximate surface area is 175 Å². The number of carbonyl (C=O) groups excluding carboxylic acids is 2. The Bertz CT molecular complexity index is 826. The number of amides is 2. The van der Waals surface area contributed by atoms with Gasteiger partial charge in [0.15, 0.2) is 0 Å². The molecule has 0 spiro atoms. The maximum Gasteiger partial charge on any atom is 0.410 e. The van der Waals surface area contributed by atoms with Crippen molar-refractivity contribution in [1.29, 1.82) is 0 Å². The molecule has 2 aliphatic heterocycles. The molecular formula is C22H25N3O3S. The van der Waals surface area contributed by atoms with Gasteiger partial charge in [0, 0.05) is 25.3 Å². The van der Waals surface area contributed by atoms with E-state index < -0.39 is 0 Å². The van der Waals surface area contributed by atoms with E-state index in [1.807, 2.05) is 46.2 Å². The molecule has 2 fully saturated rings. The summed E-state index contributed by atoms with van der Waals surface area (Å²) in [6.07, 6.45) is 3.90. The highest BCUT2D eigenvalue weighted by molar-refractivity contribution is 7.99. The van der Waals surface area contributed by atoms with Crippen LogP contribution in [0.1, 0.15) is 18.4 Å². The van der Waals surface area contributed by atoms with Crippen molar-refractivity contribution in [3.63, 3.8) is 0 Å². The molecule has 1 atom stereocenters. The molecule has 4 rings (SSSR count). The summed E-state index contributed by atoms with van der Waals surface area (Å²) in [5.41, 5.74) is 1.21. The van der Waals surface area contributed by atoms with Gasteiger partial charge in [0.25, 0.3) is 0 Å². The number of likely N-dealkylation sites (tertiary alicyclic amines) is 1. The molecular weight excluding hydrogens is 386 g/mol. The summed E-state index contributed by atoms with van der Waals surface area (Å²) in [5.74, 6) is 0.522. The quantitative estimate of drug-likeness (QED) is 0.683. The van der Waals surface area contributed by atoms with E-state index >= 15 is 0 Å². The normalized spacial score (nSPS) is 20.0. The topological polar surface area (TPSA) is 62.7 Å². The minimum Gasteiger partial charge on any atom is -0.447 e. The Morgan fingerprint density at radius 1 is 1.10 bits per heavy atom. The number of carbonyl (C=O) groups is 2. The number of nitrogens with zero attached hydrogens (tertiary/aromatic N) is 3. The molecule has 2 amide bonds. The first-order valence-corrected chi connectivity index (χ1v) is 11.0. The van der Waals surface area contributed by atoms with Crippen molar-refractivity contribution in [3.05, 3.63) is 60.3 Å². The number of hydrogen-bond acceptors (Lipinski definition) is 5. The van der Waals surface area contributed by atoms with Gasteiger partial charge in [0.2, 0.25) is 5.91 Å². The fourth-order valence-corrected chi connectivity index (χ4v) is 4.78. The zero-order valence-corrected chi connectivity index (χ0v) is 17.1. The molecule has 0 radical (unpaired) electrons. The third kappa shape index (κ3) is 4.90. The average molecular weight is 412 g/mol. The number of benzene rings is 1. The molecule has 3 heterocycles. The molecule has 2 aromatic rings. The van der Waals surface area contributed by atoms with Gasteiger partial charge < -0.3 is 9.64 Å². The lowest BCUT2D eigenvalue weighted by Crippen LogP contribution is -2.50. The van der Waals surface area contributed by atoms with Crippen molar-refractivity contribution in [1.82, 2.24) is 14.8 Å². The Morgan fingerprint density at radius 3 is 2.59 bits per heavy atom. The summed E-state index contributed by atoms with van der Waals surface area (Å²) in [4.78, 5) is 33.0. The number of piperidine rings is 1. The molecule has 2 saturated heterocycles. The number of thioether (sulfide) groups is 1. The molecule has 1 aromatic carbocycles. The minimum absolute atomic E-state index is 0.0665. The molecule has 7 heteroatoms. The summed E-state index contributed by atoms with van der Waals surface area (Å²) in [6.45, 7) is 1.79. The highest BCUT2D eigenvalue weighted by Crippen LogP contribution is 2.26. The van der Waals surface area contributed by atoms with E-state index in [2.05, 4.69) is 17.1 Å². The monoisotopic (exact) mass is 411 g/mol. The SMILES string of the molecule is O=C(CSc1ccccn1)N1CCC(N2C(=O)OCC2Cc2ccccc2)CC1. The summed E-state index contributed by atoms with van der Waals surface area (Å²) < 4.78 is 5.36. The largest absolute Gasteiger partial charge is 0.447 e. The van der Waals surface area contributed by atoms with Crippen LogP contribution in [0.25, 0.3) is 0 Å². The molecule has 0 bridgehead atoms. The number of rotatable bonds is 6. The standard InChI is InChI=1S/C22H25N3O3S/c26-21(16-29-20-8-4-5-11-23-20)24-12-9-18(10-13-24)25-19(15-28-22(25)27)14-17-6-2-1-3-7-17/h1-8,11,18-19H,9-10,12-16H2. The first kappa shape index (κ1) is 19.8. The second-order valence-electron chi connectivity index (χ2n) is 7.40. The van der Waals surface area contributed by atoms with E-state index in [1.54, 1.807) is 6.20 Å². The molecule has 0 aliphatic carbocycles. The van der Waals surface area contributed by atoms with Gasteiger partial charge in [-0.25, -0.2) is 9.78 Å². The highest BCUT2D eigenvalue weighted by atomic mass is 32.2. The lowest BCUT2D eigenvalue weighted by atomic mass is 9.99. The Kier molecular flexibility index (Phi) is 6.34. The minimum atomic E-state index is -0.221. The van der Waals surface area contributed by atoms with Crippen molar-refractivity contribution in [3.8, 4) is 0 Å². The summed E-state index contributed by atoms with van der Waals surface area (Å²) in [7, 11) is 0. The van der Waals surface area contributed by atoms with Crippen LogP contribution in [0.5, 0.6) is 0 Å². The van der Waals surface area contributed by atoms with Crippen LogP contribution in [-0.2, 0) is 16.0 Å². The zero-order valence-electron chi connectivity index (χ0n) is 16.3. The Morgan fingerprint density at radius 2 is 1.86 bits per heavy atom. The van der Waals surface area contributed by atoms with Crippen molar-refractivity contribution in [2.45, 2.75) is 36.4 Å². The first-order chi connectivity index (χ1) is 14.2. The van der Waals surface area contributed by atoms with Crippen LogP contribution in [0.15, 0.2) is 59.8 Å². The lowest BCUT2D eigenvalue weighted by Gasteiger charge is -2.38. The van der Waals surface area contributed by atoms with Crippen LogP contribution < -0.4 is 0 Å². The van der Waals surface area contributed by atoms with Crippen LogP contribution >= 0.6 is 11.8 Å². The second kappa shape index (κ2) is 9.31. The van der Waals surface area contributed by atoms with Crippen molar-refractivity contribution < 1.29 is 14.3 Å². The molecule has 6 nitrogen and oxygen atoms in total. The molecule has 1 aromatic heterocycles. The van der Waals surface area contributed by atoms with Crippen molar-refractivity contribution in [2.75, 3.05) is 25.4 Å². The Hall–Kier alpha value is -2.54. The molecule has 2 aliphatic rings. The Balaban J connectivity index is 1.29. The van der Waals surface area contributed by atoms with Crippen LogP contribution in [0.4, 0.5) is 4.79 Å². The van der Waals surface area contributed by atoms with Gasteiger partial charge in [-0.05, 0) is 37.0 Å². The third-order valence-electron chi connectivity index (χ3n) is 5.51. The van der Waals surface area contributed by atoms with E-state index in [-0.39, 0.29) is 24.1 Å². The number of pyridine rings is 1. The van der Waals surface area contributed by atoms with Gasteiger partial charge >= 0.3 is 6.09 Å². The van der Waals surface area contributed by atoms with Crippen LogP contribution in [0, 0.1) is 0 Å². The highest BCUT2D eigenvalue weighted by Gasteiger charge is 2.39. The number of aromatic nitrogens is 1. The maximum absolute atomic E-state index is 12.5. The fraction of sp³-hybridized carbons (Fsp3) is 0.409. The van der Waals surface area contributed by atoms with Crippen molar-refractivity contribution >= 4 is 23.8 Å². The zero-order chi connectivity index (χ0) is 20.1.